The summed E-state index contributed by atoms with van der Waals surface area (Å²) in [7, 11) is 1.60. The third-order valence-corrected chi connectivity index (χ3v) is 5.31. The van der Waals surface area contributed by atoms with Crippen LogP contribution in [0.4, 0.5) is 4.39 Å². The molecule has 0 aromatic heterocycles. The Hall–Kier alpha value is -2.93. The highest BCUT2D eigenvalue weighted by Gasteiger charge is 2.30. The predicted octanol–water partition coefficient (Wildman–Crippen LogP) is 3.39. The van der Waals surface area contributed by atoms with Crippen molar-refractivity contribution in [1.82, 2.24) is 9.80 Å². The summed E-state index contributed by atoms with van der Waals surface area (Å²) in [5.41, 5.74) is 1.40. The van der Waals surface area contributed by atoms with Crippen molar-refractivity contribution in [3.05, 3.63) is 65.5 Å². The van der Waals surface area contributed by atoms with E-state index >= 15 is 0 Å². The Morgan fingerprint density at radius 2 is 1.87 bits per heavy atom. The zero-order valence-electron chi connectivity index (χ0n) is 18.1. The van der Waals surface area contributed by atoms with Gasteiger partial charge in [0.05, 0.1) is 26.4 Å². The molecule has 1 atom stereocenters. The summed E-state index contributed by atoms with van der Waals surface area (Å²) < 4.78 is 25.2. The van der Waals surface area contributed by atoms with Gasteiger partial charge in [0.1, 0.15) is 11.6 Å². The molecule has 2 aromatic rings. The lowest BCUT2D eigenvalue weighted by Crippen LogP contribution is -2.39. The van der Waals surface area contributed by atoms with Crippen LogP contribution < -0.4 is 4.74 Å². The second-order valence-electron chi connectivity index (χ2n) is 7.67. The van der Waals surface area contributed by atoms with Gasteiger partial charge in [0, 0.05) is 31.6 Å². The first-order chi connectivity index (χ1) is 15.0. The van der Waals surface area contributed by atoms with Crippen LogP contribution in [0.2, 0.25) is 0 Å². The molecule has 0 radical (unpaired) electrons. The van der Waals surface area contributed by atoms with Gasteiger partial charge >= 0.3 is 0 Å². The zero-order chi connectivity index (χ0) is 22.2. The van der Waals surface area contributed by atoms with Crippen molar-refractivity contribution in [2.45, 2.75) is 39.0 Å². The summed E-state index contributed by atoms with van der Waals surface area (Å²) in [5.74, 6) is 0.216. The molecule has 1 aliphatic heterocycles. The molecule has 1 aliphatic rings. The Kier molecular flexibility index (Phi) is 8.00. The Balaban J connectivity index is 1.74. The van der Waals surface area contributed by atoms with Gasteiger partial charge < -0.3 is 19.3 Å². The summed E-state index contributed by atoms with van der Waals surface area (Å²) in [4.78, 5) is 28.7. The largest absolute Gasteiger partial charge is 0.497 e. The van der Waals surface area contributed by atoms with Gasteiger partial charge in [-0.05, 0) is 30.2 Å². The fourth-order valence-electron chi connectivity index (χ4n) is 3.57. The van der Waals surface area contributed by atoms with E-state index in [1.54, 1.807) is 35.1 Å². The van der Waals surface area contributed by atoms with Gasteiger partial charge in [-0.25, -0.2) is 4.39 Å². The van der Waals surface area contributed by atoms with E-state index in [1.807, 2.05) is 31.2 Å². The number of hydrogen-bond donors (Lipinski definition) is 0. The molecule has 1 heterocycles. The Labute approximate surface area is 182 Å². The number of methoxy groups -OCH3 is 1. The highest BCUT2D eigenvalue weighted by molar-refractivity contribution is 5.85. The van der Waals surface area contributed by atoms with E-state index < -0.39 is 6.10 Å². The van der Waals surface area contributed by atoms with Gasteiger partial charge in [-0.2, -0.15) is 0 Å². The van der Waals surface area contributed by atoms with E-state index in [4.69, 9.17) is 9.47 Å². The van der Waals surface area contributed by atoms with Crippen molar-refractivity contribution in [1.29, 1.82) is 0 Å². The monoisotopic (exact) mass is 428 g/mol. The van der Waals surface area contributed by atoms with Crippen LogP contribution in [-0.4, -0.2) is 54.5 Å². The summed E-state index contributed by atoms with van der Waals surface area (Å²) >= 11 is 0. The molecule has 3 rings (SSSR count). The molecule has 1 saturated heterocycles. The third-order valence-electron chi connectivity index (χ3n) is 5.31. The topological polar surface area (TPSA) is 59.1 Å². The molecule has 0 bridgehead atoms. The Morgan fingerprint density at radius 1 is 1.13 bits per heavy atom. The van der Waals surface area contributed by atoms with E-state index in [2.05, 4.69) is 0 Å². The fourth-order valence-corrected chi connectivity index (χ4v) is 3.57. The first-order valence-corrected chi connectivity index (χ1v) is 10.5. The van der Waals surface area contributed by atoms with Gasteiger partial charge in [0.15, 0.2) is 0 Å². The molecule has 1 unspecified atom stereocenters. The van der Waals surface area contributed by atoms with Crippen molar-refractivity contribution in [3.8, 4) is 5.75 Å². The zero-order valence-corrected chi connectivity index (χ0v) is 18.1. The number of carbonyl (C=O) groups is 2. The van der Waals surface area contributed by atoms with Crippen molar-refractivity contribution < 1.29 is 23.5 Å². The van der Waals surface area contributed by atoms with Crippen LogP contribution in [-0.2, 0) is 27.5 Å². The number of rotatable bonds is 8. The molecule has 0 spiro atoms. The number of ether oxygens (including phenoxy) is 2. The molecule has 2 aromatic carbocycles. The maximum Gasteiger partial charge on any atom is 0.242 e. The van der Waals surface area contributed by atoms with Crippen LogP contribution in [0.3, 0.4) is 0 Å². The maximum atomic E-state index is 14.0. The molecular weight excluding hydrogens is 399 g/mol. The van der Waals surface area contributed by atoms with Crippen molar-refractivity contribution in [2.24, 2.45) is 0 Å². The first kappa shape index (κ1) is 22.7. The summed E-state index contributed by atoms with van der Waals surface area (Å²) in [5, 5.41) is 0. The lowest BCUT2D eigenvalue weighted by molar-refractivity contribution is -0.139. The van der Waals surface area contributed by atoms with Crippen molar-refractivity contribution in [3.63, 3.8) is 0 Å². The minimum absolute atomic E-state index is 0.0224. The van der Waals surface area contributed by atoms with E-state index in [-0.39, 0.29) is 30.8 Å². The van der Waals surface area contributed by atoms with Crippen LogP contribution in [0.5, 0.6) is 5.75 Å². The molecule has 2 amide bonds. The summed E-state index contributed by atoms with van der Waals surface area (Å²) in [6.07, 6.45) is 0.677. The highest BCUT2D eigenvalue weighted by Crippen LogP contribution is 2.18. The number of halogens is 1. The van der Waals surface area contributed by atoms with E-state index in [9.17, 15) is 14.0 Å². The molecular formula is C24H29FN2O4. The lowest BCUT2D eigenvalue weighted by Gasteiger charge is -2.25. The SMILES string of the molecule is CCCC(=O)N1CC(=O)N(Cc2ccc(OC)cc2)CC(OCc2ccccc2F)C1. The number of hydrogen-bond acceptors (Lipinski definition) is 4. The van der Waals surface area contributed by atoms with Crippen LogP contribution >= 0.6 is 0 Å². The molecule has 0 aliphatic carbocycles. The van der Waals surface area contributed by atoms with Gasteiger partial charge in [-0.15, -0.1) is 0 Å². The van der Waals surface area contributed by atoms with Gasteiger partial charge in [-0.1, -0.05) is 37.3 Å². The van der Waals surface area contributed by atoms with Crippen molar-refractivity contribution >= 4 is 11.8 Å². The van der Waals surface area contributed by atoms with E-state index in [0.717, 1.165) is 11.3 Å². The summed E-state index contributed by atoms with van der Waals surface area (Å²) in [6, 6.07) is 14.0. The third kappa shape index (κ3) is 6.28. The second kappa shape index (κ2) is 10.9. The molecule has 1 fully saturated rings. The van der Waals surface area contributed by atoms with Crippen LogP contribution in [0.25, 0.3) is 0 Å². The first-order valence-electron chi connectivity index (χ1n) is 10.5. The smallest absolute Gasteiger partial charge is 0.242 e. The number of nitrogens with zero attached hydrogens (tertiary/aromatic N) is 2. The average Bonchev–Trinajstić information content (AvgIpc) is 2.93. The molecule has 7 heteroatoms. The van der Waals surface area contributed by atoms with Crippen molar-refractivity contribution in [2.75, 3.05) is 26.7 Å². The molecule has 0 N–H and O–H groups in total. The van der Waals surface area contributed by atoms with Crippen LogP contribution in [0, 0.1) is 5.82 Å². The lowest BCUT2D eigenvalue weighted by atomic mass is 10.2. The normalized spacial score (nSPS) is 16.9. The molecule has 6 nitrogen and oxygen atoms in total. The molecule has 166 valence electrons. The van der Waals surface area contributed by atoms with E-state index in [1.165, 1.54) is 6.07 Å². The highest BCUT2D eigenvalue weighted by atomic mass is 19.1. The standard InChI is InChI=1S/C24H29FN2O4/c1-3-6-23(28)27-15-21(31-17-19-7-4-5-8-22(19)25)14-26(24(29)16-27)13-18-9-11-20(30-2)12-10-18/h4-5,7-12,21H,3,6,13-17H2,1-2H3. The maximum absolute atomic E-state index is 14.0. The predicted molar refractivity (Wildman–Crippen MR) is 115 cm³/mol. The number of amides is 2. The number of carbonyl (C=O) groups excluding carboxylic acids is 2. The second-order valence-corrected chi connectivity index (χ2v) is 7.67. The average molecular weight is 429 g/mol. The van der Waals surface area contributed by atoms with Crippen LogP contribution in [0.1, 0.15) is 30.9 Å². The van der Waals surface area contributed by atoms with Gasteiger partial charge in [0.25, 0.3) is 0 Å². The minimum atomic E-state index is -0.412. The molecule has 0 saturated carbocycles. The quantitative estimate of drug-likeness (QED) is 0.647. The molecule has 31 heavy (non-hydrogen) atoms. The number of benzene rings is 2. The minimum Gasteiger partial charge on any atom is -0.497 e. The van der Waals surface area contributed by atoms with E-state index in [0.29, 0.717) is 38.0 Å². The Morgan fingerprint density at radius 3 is 2.55 bits per heavy atom. The van der Waals surface area contributed by atoms with Crippen LogP contribution in [0.15, 0.2) is 48.5 Å². The fraction of sp³-hybridized carbons (Fsp3) is 0.417. The Bertz CT molecular complexity index is 887. The summed E-state index contributed by atoms with van der Waals surface area (Å²) in [6.45, 7) is 3.07. The van der Waals surface area contributed by atoms with Gasteiger partial charge in [0.2, 0.25) is 11.8 Å². The van der Waals surface area contributed by atoms with Gasteiger partial charge in [-0.3, -0.25) is 9.59 Å².